The van der Waals surface area contributed by atoms with E-state index in [1.165, 1.54) is 6.07 Å². The zero-order valence-electron chi connectivity index (χ0n) is 8.65. The SMILES string of the molecule is Cc1ccc(O)c(C(C)O)c1C(C)O. The fraction of sp³-hybridized carbons (Fsp3) is 0.455. The standard InChI is InChI=1S/C11H16O3/c1-6-4-5-9(14)11(8(3)13)10(6)7(2)12/h4-5,7-8,12-14H,1-3H3. The first kappa shape index (κ1) is 11.0. The Kier molecular flexibility index (Phi) is 3.13. The van der Waals surface area contributed by atoms with Crippen LogP contribution in [0.15, 0.2) is 12.1 Å². The molecule has 0 heterocycles. The van der Waals surface area contributed by atoms with Crippen LogP contribution in [0.25, 0.3) is 0 Å². The molecule has 0 spiro atoms. The molecule has 1 aromatic carbocycles. The number of benzene rings is 1. The Bertz CT molecular complexity index is 297. The van der Waals surface area contributed by atoms with Crippen molar-refractivity contribution < 1.29 is 15.3 Å². The molecular formula is C11H16O3. The molecular weight excluding hydrogens is 180 g/mol. The molecule has 14 heavy (non-hydrogen) atoms. The lowest BCUT2D eigenvalue weighted by Crippen LogP contribution is -2.04. The van der Waals surface area contributed by atoms with Gasteiger partial charge in [-0.3, -0.25) is 0 Å². The van der Waals surface area contributed by atoms with Gasteiger partial charge in [0.2, 0.25) is 0 Å². The van der Waals surface area contributed by atoms with Gasteiger partial charge < -0.3 is 15.3 Å². The van der Waals surface area contributed by atoms with Crippen molar-refractivity contribution in [1.82, 2.24) is 0 Å². The molecule has 78 valence electrons. The van der Waals surface area contributed by atoms with Crippen LogP contribution < -0.4 is 0 Å². The van der Waals surface area contributed by atoms with Gasteiger partial charge in [-0.2, -0.15) is 0 Å². The third kappa shape index (κ3) is 1.89. The number of aromatic hydroxyl groups is 1. The number of rotatable bonds is 2. The normalized spacial score (nSPS) is 15.2. The molecule has 0 aliphatic carbocycles. The Balaban J connectivity index is 3.42. The molecule has 0 radical (unpaired) electrons. The van der Waals surface area contributed by atoms with Gasteiger partial charge in [-0.05, 0) is 38.0 Å². The molecule has 1 rings (SSSR count). The highest BCUT2D eigenvalue weighted by Gasteiger charge is 2.18. The van der Waals surface area contributed by atoms with Crippen molar-refractivity contribution in [2.24, 2.45) is 0 Å². The summed E-state index contributed by atoms with van der Waals surface area (Å²) in [6.45, 7) is 5.03. The van der Waals surface area contributed by atoms with Crippen molar-refractivity contribution >= 4 is 0 Å². The van der Waals surface area contributed by atoms with Gasteiger partial charge in [0, 0.05) is 5.56 Å². The molecule has 0 aliphatic rings. The molecule has 0 bridgehead atoms. The summed E-state index contributed by atoms with van der Waals surface area (Å²) in [5.74, 6) is 0.0292. The average Bonchev–Trinajstić information content (AvgIpc) is 2.07. The predicted molar refractivity (Wildman–Crippen MR) is 54.1 cm³/mol. The van der Waals surface area contributed by atoms with Crippen LogP contribution in [0.4, 0.5) is 0 Å². The van der Waals surface area contributed by atoms with Crippen molar-refractivity contribution in [3.05, 3.63) is 28.8 Å². The number of aliphatic hydroxyl groups is 2. The molecule has 2 atom stereocenters. The average molecular weight is 196 g/mol. The summed E-state index contributed by atoms with van der Waals surface area (Å²) in [6.07, 6.45) is -1.47. The molecule has 0 aliphatic heterocycles. The summed E-state index contributed by atoms with van der Waals surface area (Å²) in [5, 5.41) is 28.6. The van der Waals surface area contributed by atoms with E-state index in [-0.39, 0.29) is 5.75 Å². The van der Waals surface area contributed by atoms with E-state index >= 15 is 0 Å². The van der Waals surface area contributed by atoms with Crippen LogP contribution in [0.2, 0.25) is 0 Å². The summed E-state index contributed by atoms with van der Waals surface area (Å²) in [5.41, 5.74) is 1.90. The van der Waals surface area contributed by atoms with E-state index < -0.39 is 12.2 Å². The number of hydrogen-bond donors (Lipinski definition) is 3. The van der Waals surface area contributed by atoms with Crippen LogP contribution in [-0.2, 0) is 0 Å². The molecule has 2 unspecified atom stereocenters. The maximum Gasteiger partial charge on any atom is 0.121 e. The van der Waals surface area contributed by atoms with Gasteiger partial charge in [0.1, 0.15) is 5.75 Å². The lowest BCUT2D eigenvalue weighted by molar-refractivity contribution is 0.171. The van der Waals surface area contributed by atoms with Crippen molar-refractivity contribution in [2.45, 2.75) is 33.0 Å². The van der Waals surface area contributed by atoms with E-state index in [4.69, 9.17) is 0 Å². The smallest absolute Gasteiger partial charge is 0.121 e. The van der Waals surface area contributed by atoms with E-state index in [1.807, 2.05) is 6.92 Å². The second kappa shape index (κ2) is 3.98. The topological polar surface area (TPSA) is 60.7 Å². The van der Waals surface area contributed by atoms with Gasteiger partial charge in [-0.25, -0.2) is 0 Å². The molecule has 3 nitrogen and oxygen atoms in total. The Hall–Kier alpha value is -1.06. The van der Waals surface area contributed by atoms with E-state index in [2.05, 4.69) is 0 Å². The van der Waals surface area contributed by atoms with Crippen molar-refractivity contribution in [1.29, 1.82) is 0 Å². The Morgan fingerprint density at radius 2 is 1.50 bits per heavy atom. The summed E-state index contributed by atoms with van der Waals surface area (Å²) in [6, 6.07) is 3.26. The van der Waals surface area contributed by atoms with Gasteiger partial charge in [0.15, 0.2) is 0 Å². The molecule has 0 amide bonds. The van der Waals surface area contributed by atoms with Crippen LogP contribution in [-0.4, -0.2) is 15.3 Å². The van der Waals surface area contributed by atoms with Crippen molar-refractivity contribution in [3.63, 3.8) is 0 Å². The minimum absolute atomic E-state index is 0.0292. The number of phenolic OH excluding ortho intramolecular Hbond substituents is 1. The predicted octanol–water partition coefficient (Wildman–Crippen LogP) is 1.81. The lowest BCUT2D eigenvalue weighted by atomic mass is 9.94. The molecule has 0 aromatic heterocycles. The number of hydrogen-bond acceptors (Lipinski definition) is 3. The molecule has 1 aromatic rings. The quantitative estimate of drug-likeness (QED) is 0.676. The molecule has 3 heteroatoms. The molecule has 0 saturated carbocycles. The number of aryl methyl sites for hydroxylation is 1. The minimum Gasteiger partial charge on any atom is -0.508 e. The highest BCUT2D eigenvalue weighted by molar-refractivity contribution is 5.46. The summed E-state index contributed by atoms with van der Waals surface area (Å²) >= 11 is 0. The minimum atomic E-state index is -0.778. The fourth-order valence-corrected chi connectivity index (χ4v) is 1.73. The molecule has 0 saturated heterocycles. The fourth-order valence-electron chi connectivity index (χ4n) is 1.73. The van der Waals surface area contributed by atoms with E-state index in [0.29, 0.717) is 11.1 Å². The second-order valence-corrected chi connectivity index (χ2v) is 3.58. The zero-order chi connectivity index (χ0) is 10.9. The maximum atomic E-state index is 9.56. The third-order valence-electron chi connectivity index (χ3n) is 2.32. The summed E-state index contributed by atoms with van der Waals surface area (Å²) in [4.78, 5) is 0. The van der Waals surface area contributed by atoms with Crippen LogP contribution >= 0.6 is 0 Å². The monoisotopic (exact) mass is 196 g/mol. The van der Waals surface area contributed by atoms with Gasteiger partial charge in [-0.1, -0.05) is 6.07 Å². The highest BCUT2D eigenvalue weighted by atomic mass is 16.3. The molecule has 3 N–H and O–H groups in total. The first-order valence-corrected chi connectivity index (χ1v) is 4.63. The van der Waals surface area contributed by atoms with Crippen molar-refractivity contribution in [2.75, 3.05) is 0 Å². The van der Waals surface area contributed by atoms with Crippen LogP contribution in [0.5, 0.6) is 5.75 Å². The summed E-state index contributed by atoms with van der Waals surface area (Å²) < 4.78 is 0. The van der Waals surface area contributed by atoms with Crippen LogP contribution in [0.1, 0.15) is 42.7 Å². The first-order chi connectivity index (χ1) is 6.45. The Morgan fingerprint density at radius 3 is 1.86 bits per heavy atom. The molecule has 0 fully saturated rings. The van der Waals surface area contributed by atoms with E-state index in [0.717, 1.165) is 5.56 Å². The number of phenols is 1. The van der Waals surface area contributed by atoms with Crippen molar-refractivity contribution in [3.8, 4) is 5.75 Å². The summed E-state index contributed by atoms with van der Waals surface area (Å²) in [7, 11) is 0. The van der Waals surface area contributed by atoms with Gasteiger partial charge in [0.25, 0.3) is 0 Å². The zero-order valence-corrected chi connectivity index (χ0v) is 8.65. The second-order valence-electron chi connectivity index (χ2n) is 3.58. The third-order valence-corrected chi connectivity index (χ3v) is 2.32. The van der Waals surface area contributed by atoms with Crippen LogP contribution in [0.3, 0.4) is 0 Å². The maximum absolute atomic E-state index is 9.56. The largest absolute Gasteiger partial charge is 0.508 e. The van der Waals surface area contributed by atoms with Gasteiger partial charge in [0.05, 0.1) is 12.2 Å². The number of aliphatic hydroxyl groups excluding tert-OH is 2. The Labute approximate surface area is 83.6 Å². The van der Waals surface area contributed by atoms with Gasteiger partial charge >= 0.3 is 0 Å². The lowest BCUT2D eigenvalue weighted by Gasteiger charge is -2.18. The highest BCUT2D eigenvalue weighted by Crippen LogP contribution is 2.33. The van der Waals surface area contributed by atoms with Gasteiger partial charge in [-0.15, -0.1) is 0 Å². The Morgan fingerprint density at radius 1 is 1.00 bits per heavy atom. The van der Waals surface area contributed by atoms with E-state index in [9.17, 15) is 15.3 Å². The van der Waals surface area contributed by atoms with Crippen LogP contribution in [0, 0.1) is 6.92 Å². The first-order valence-electron chi connectivity index (χ1n) is 4.63. The van der Waals surface area contributed by atoms with E-state index in [1.54, 1.807) is 19.9 Å².